The second-order valence-corrected chi connectivity index (χ2v) is 6.42. The molecular weight excluding hydrogens is 364 g/mol. The first kappa shape index (κ1) is 15.2. The van der Waals surface area contributed by atoms with Crippen LogP contribution in [0.15, 0.2) is 27.1 Å². The molecular formula is C12H14Br2N2O2. The summed E-state index contributed by atoms with van der Waals surface area (Å²) >= 11 is 6.62. The third-order valence-corrected chi connectivity index (χ3v) is 3.40. The van der Waals surface area contributed by atoms with Gasteiger partial charge in [0.05, 0.1) is 5.41 Å². The van der Waals surface area contributed by atoms with Gasteiger partial charge in [-0.15, -0.1) is 0 Å². The van der Waals surface area contributed by atoms with Gasteiger partial charge in [0.2, 0.25) is 5.91 Å². The molecule has 0 aliphatic heterocycles. The molecule has 3 N–H and O–H groups in total. The first-order chi connectivity index (χ1) is 8.22. The molecule has 0 saturated heterocycles. The number of halogens is 2. The van der Waals surface area contributed by atoms with Crippen LogP contribution in [0.2, 0.25) is 0 Å². The molecule has 0 aliphatic rings. The fourth-order valence-corrected chi connectivity index (χ4v) is 2.47. The summed E-state index contributed by atoms with van der Waals surface area (Å²) in [4.78, 5) is 23.0. The quantitative estimate of drug-likeness (QED) is 0.845. The van der Waals surface area contributed by atoms with Gasteiger partial charge in [-0.1, -0.05) is 31.9 Å². The van der Waals surface area contributed by atoms with Crippen LogP contribution in [0.4, 0.5) is 0 Å². The molecule has 0 saturated carbocycles. The Bertz CT molecular complexity index is 467. The summed E-state index contributed by atoms with van der Waals surface area (Å²) in [7, 11) is 0. The SMILES string of the molecule is CC(C)(CNC(=O)c1cc(Br)cc(Br)c1)C(N)=O. The molecule has 0 aliphatic carbocycles. The smallest absolute Gasteiger partial charge is 0.251 e. The summed E-state index contributed by atoms with van der Waals surface area (Å²) in [5.41, 5.74) is 4.98. The van der Waals surface area contributed by atoms with E-state index in [2.05, 4.69) is 37.2 Å². The Balaban J connectivity index is 2.75. The van der Waals surface area contributed by atoms with Gasteiger partial charge < -0.3 is 11.1 Å². The summed E-state index contributed by atoms with van der Waals surface area (Å²) in [6.07, 6.45) is 0. The third-order valence-electron chi connectivity index (χ3n) is 2.48. The minimum atomic E-state index is -0.765. The first-order valence-electron chi connectivity index (χ1n) is 5.26. The topological polar surface area (TPSA) is 72.2 Å². The van der Waals surface area contributed by atoms with Crippen molar-refractivity contribution in [1.82, 2.24) is 5.32 Å². The molecule has 0 radical (unpaired) electrons. The maximum atomic E-state index is 11.9. The van der Waals surface area contributed by atoms with Gasteiger partial charge in [-0.3, -0.25) is 9.59 Å². The summed E-state index contributed by atoms with van der Waals surface area (Å²) in [5.74, 6) is -0.690. The lowest BCUT2D eigenvalue weighted by atomic mass is 9.92. The monoisotopic (exact) mass is 376 g/mol. The Morgan fingerprint density at radius 3 is 2.17 bits per heavy atom. The van der Waals surface area contributed by atoms with Gasteiger partial charge >= 0.3 is 0 Å². The number of hydrogen-bond donors (Lipinski definition) is 2. The number of benzene rings is 1. The third kappa shape index (κ3) is 4.10. The number of nitrogens with one attached hydrogen (secondary N) is 1. The fourth-order valence-electron chi connectivity index (χ4n) is 1.18. The molecule has 2 amide bonds. The van der Waals surface area contributed by atoms with Gasteiger partial charge in [-0.05, 0) is 32.0 Å². The van der Waals surface area contributed by atoms with Crippen LogP contribution in [0.1, 0.15) is 24.2 Å². The van der Waals surface area contributed by atoms with Gasteiger partial charge in [0, 0.05) is 21.1 Å². The molecule has 0 spiro atoms. The van der Waals surface area contributed by atoms with Crippen molar-refractivity contribution in [2.24, 2.45) is 11.1 Å². The highest BCUT2D eigenvalue weighted by Gasteiger charge is 2.25. The highest BCUT2D eigenvalue weighted by molar-refractivity contribution is 9.11. The molecule has 6 heteroatoms. The number of amides is 2. The number of carbonyl (C=O) groups is 2. The zero-order valence-corrected chi connectivity index (χ0v) is 13.3. The van der Waals surface area contributed by atoms with Crippen LogP contribution in [0.25, 0.3) is 0 Å². The van der Waals surface area contributed by atoms with E-state index in [0.29, 0.717) is 5.56 Å². The standard InChI is InChI=1S/C12H14Br2N2O2/c1-12(2,11(15)18)6-16-10(17)7-3-8(13)5-9(14)4-7/h3-5H,6H2,1-2H3,(H2,15,18)(H,16,17). The Morgan fingerprint density at radius 2 is 1.72 bits per heavy atom. The van der Waals surface area contributed by atoms with Crippen molar-refractivity contribution < 1.29 is 9.59 Å². The van der Waals surface area contributed by atoms with Crippen molar-refractivity contribution in [2.45, 2.75) is 13.8 Å². The maximum Gasteiger partial charge on any atom is 0.251 e. The summed E-state index contributed by atoms with van der Waals surface area (Å²) in [5, 5.41) is 2.69. The van der Waals surface area contributed by atoms with Crippen molar-refractivity contribution in [3.63, 3.8) is 0 Å². The van der Waals surface area contributed by atoms with E-state index in [9.17, 15) is 9.59 Å². The number of primary amides is 1. The van der Waals surface area contributed by atoms with E-state index in [4.69, 9.17) is 5.73 Å². The predicted octanol–water partition coefficient (Wildman–Crippen LogP) is 2.45. The van der Waals surface area contributed by atoms with E-state index in [1.54, 1.807) is 26.0 Å². The molecule has 4 nitrogen and oxygen atoms in total. The lowest BCUT2D eigenvalue weighted by Crippen LogP contribution is -2.42. The van der Waals surface area contributed by atoms with Gasteiger partial charge in [-0.25, -0.2) is 0 Å². The minimum absolute atomic E-state index is 0.200. The van der Waals surface area contributed by atoms with Crippen molar-refractivity contribution in [2.75, 3.05) is 6.54 Å². The molecule has 0 aromatic heterocycles. The second kappa shape index (κ2) is 5.84. The molecule has 0 unspecified atom stereocenters. The highest BCUT2D eigenvalue weighted by atomic mass is 79.9. The van der Waals surface area contributed by atoms with Crippen LogP contribution in [-0.4, -0.2) is 18.4 Å². The summed E-state index contributed by atoms with van der Waals surface area (Å²) < 4.78 is 1.60. The maximum absolute atomic E-state index is 11.9. The Labute approximate surface area is 123 Å². The predicted molar refractivity (Wildman–Crippen MR) is 77.2 cm³/mol. The van der Waals surface area contributed by atoms with Crippen LogP contribution in [-0.2, 0) is 4.79 Å². The molecule has 0 heterocycles. The normalized spacial score (nSPS) is 11.1. The van der Waals surface area contributed by atoms with Crippen molar-refractivity contribution in [3.8, 4) is 0 Å². The molecule has 1 rings (SSSR count). The van der Waals surface area contributed by atoms with E-state index < -0.39 is 11.3 Å². The summed E-state index contributed by atoms with van der Waals surface area (Å²) in [6, 6.07) is 5.25. The molecule has 0 bridgehead atoms. The van der Waals surface area contributed by atoms with E-state index >= 15 is 0 Å². The number of rotatable bonds is 4. The number of nitrogens with two attached hydrogens (primary N) is 1. The van der Waals surface area contributed by atoms with Crippen LogP contribution < -0.4 is 11.1 Å². The van der Waals surface area contributed by atoms with E-state index in [1.807, 2.05) is 6.07 Å². The van der Waals surface area contributed by atoms with Crippen LogP contribution >= 0.6 is 31.9 Å². The lowest BCUT2D eigenvalue weighted by molar-refractivity contribution is -0.125. The molecule has 98 valence electrons. The fraction of sp³-hybridized carbons (Fsp3) is 0.333. The molecule has 18 heavy (non-hydrogen) atoms. The Morgan fingerprint density at radius 1 is 1.22 bits per heavy atom. The molecule has 1 aromatic carbocycles. The van der Waals surface area contributed by atoms with E-state index in [-0.39, 0.29) is 12.5 Å². The molecule has 1 aromatic rings. The number of hydrogen-bond acceptors (Lipinski definition) is 2. The van der Waals surface area contributed by atoms with Crippen molar-refractivity contribution in [1.29, 1.82) is 0 Å². The average Bonchev–Trinajstić information content (AvgIpc) is 2.24. The Kier molecular flexibility index (Phi) is 4.92. The zero-order valence-electron chi connectivity index (χ0n) is 10.1. The van der Waals surface area contributed by atoms with Crippen molar-refractivity contribution >= 4 is 43.7 Å². The van der Waals surface area contributed by atoms with Crippen LogP contribution in [0.3, 0.4) is 0 Å². The van der Waals surface area contributed by atoms with Gasteiger partial charge in [0.25, 0.3) is 5.91 Å². The average molecular weight is 378 g/mol. The Hall–Kier alpha value is -0.880. The van der Waals surface area contributed by atoms with Crippen LogP contribution in [0.5, 0.6) is 0 Å². The minimum Gasteiger partial charge on any atom is -0.369 e. The highest BCUT2D eigenvalue weighted by Crippen LogP contribution is 2.20. The van der Waals surface area contributed by atoms with Gasteiger partial charge in [0.1, 0.15) is 0 Å². The van der Waals surface area contributed by atoms with E-state index in [0.717, 1.165) is 8.95 Å². The summed E-state index contributed by atoms with van der Waals surface area (Å²) in [6.45, 7) is 3.57. The molecule has 0 atom stereocenters. The number of carbonyl (C=O) groups excluding carboxylic acids is 2. The second-order valence-electron chi connectivity index (χ2n) is 4.59. The lowest BCUT2D eigenvalue weighted by Gasteiger charge is -2.20. The van der Waals surface area contributed by atoms with Gasteiger partial charge in [-0.2, -0.15) is 0 Å². The largest absolute Gasteiger partial charge is 0.369 e. The first-order valence-corrected chi connectivity index (χ1v) is 6.85. The zero-order chi connectivity index (χ0) is 13.9. The van der Waals surface area contributed by atoms with Gasteiger partial charge in [0.15, 0.2) is 0 Å². The molecule has 0 fully saturated rings. The van der Waals surface area contributed by atoms with Crippen molar-refractivity contribution in [3.05, 3.63) is 32.7 Å². The van der Waals surface area contributed by atoms with E-state index in [1.165, 1.54) is 0 Å². The van der Waals surface area contributed by atoms with Crippen LogP contribution in [0, 0.1) is 5.41 Å².